The van der Waals surface area contributed by atoms with Crippen LogP contribution in [0, 0.1) is 0 Å². The SMILES string of the molecule is CCCCC=NNC(=O)c1ccc2ccccc2c1O. The van der Waals surface area contributed by atoms with Gasteiger partial charge in [0.25, 0.3) is 5.91 Å². The van der Waals surface area contributed by atoms with Crippen molar-refractivity contribution < 1.29 is 9.90 Å². The molecule has 4 nitrogen and oxygen atoms in total. The number of amides is 1. The van der Waals surface area contributed by atoms with Crippen LogP contribution in [0.15, 0.2) is 41.5 Å². The quantitative estimate of drug-likeness (QED) is 0.496. The number of phenols is 1. The molecular weight excluding hydrogens is 252 g/mol. The Morgan fingerprint density at radius 1 is 1.30 bits per heavy atom. The van der Waals surface area contributed by atoms with Crippen LogP contribution in [-0.2, 0) is 0 Å². The first kappa shape index (κ1) is 14.1. The third kappa shape index (κ3) is 3.15. The van der Waals surface area contributed by atoms with Gasteiger partial charge < -0.3 is 5.11 Å². The number of nitrogens with one attached hydrogen (secondary N) is 1. The van der Waals surface area contributed by atoms with Gasteiger partial charge in [-0.25, -0.2) is 5.43 Å². The highest BCUT2D eigenvalue weighted by Crippen LogP contribution is 2.28. The van der Waals surface area contributed by atoms with Crippen LogP contribution in [0.3, 0.4) is 0 Å². The maximum absolute atomic E-state index is 12.0. The summed E-state index contributed by atoms with van der Waals surface area (Å²) in [7, 11) is 0. The Labute approximate surface area is 118 Å². The number of nitrogens with zero attached hydrogens (tertiary/aromatic N) is 1. The third-order valence-electron chi connectivity index (χ3n) is 3.09. The lowest BCUT2D eigenvalue weighted by molar-refractivity contribution is 0.0952. The number of hydrogen-bond donors (Lipinski definition) is 2. The first-order chi connectivity index (χ1) is 9.74. The summed E-state index contributed by atoms with van der Waals surface area (Å²) in [6.45, 7) is 2.10. The predicted octanol–water partition coefficient (Wildman–Crippen LogP) is 3.45. The second-order valence-corrected chi connectivity index (χ2v) is 4.58. The molecular formula is C16H18N2O2. The third-order valence-corrected chi connectivity index (χ3v) is 3.09. The Morgan fingerprint density at radius 2 is 2.10 bits per heavy atom. The second kappa shape index (κ2) is 6.70. The summed E-state index contributed by atoms with van der Waals surface area (Å²) in [5.74, 6) is -0.412. The topological polar surface area (TPSA) is 61.7 Å². The minimum atomic E-state index is -0.402. The molecule has 2 N–H and O–H groups in total. The summed E-state index contributed by atoms with van der Waals surface area (Å²) in [6.07, 6.45) is 4.64. The van der Waals surface area contributed by atoms with E-state index in [1.54, 1.807) is 18.3 Å². The zero-order chi connectivity index (χ0) is 14.4. The van der Waals surface area contributed by atoms with Crippen molar-refractivity contribution in [1.29, 1.82) is 0 Å². The molecule has 0 bridgehead atoms. The molecule has 0 atom stereocenters. The smallest absolute Gasteiger partial charge is 0.275 e. The summed E-state index contributed by atoms with van der Waals surface area (Å²) < 4.78 is 0. The van der Waals surface area contributed by atoms with Gasteiger partial charge in [0.05, 0.1) is 5.56 Å². The molecule has 0 saturated heterocycles. The fourth-order valence-corrected chi connectivity index (χ4v) is 1.96. The minimum Gasteiger partial charge on any atom is -0.506 e. The molecule has 2 aromatic carbocycles. The van der Waals surface area contributed by atoms with E-state index in [0.29, 0.717) is 5.39 Å². The predicted molar refractivity (Wildman–Crippen MR) is 81.1 cm³/mol. The molecule has 0 radical (unpaired) electrons. The molecule has 0 aliphatic rings. The van der Waals surface area contributed by atoms with E-state index in [2.05, 4.69) is 17.5 Å². The van der Waals surface area contributed by atoms with Crippen molar-refractivity contribution in [2.45, 2.75) is 26.2 Å². The van der Waals surface area contributed by atoms with E-state index < -0.39 is 5.91 Å². The van der Waals surface area contributed by atoms with Gasteiger partial charge in [0, 0.05) is 11.6 Å². The van der Waals surface area contributed by atoms with Crippen LogP contribution in [0.25, 0.3) is 10.8 Å². The van der Waals surface area contributed by atoms with Crippen molar-refractivity contribution in [1.82, 2.24) is 5.43 Å². The lowest BCUT2D eigenvalue weighted by Crippen LogP contribution is -2.17. The van der Waals surface area contributed by atoms with E-state index >= 15 is 0 Å². The molecule has 0 saturated carbocycles. The van der Waals surface area contributed by atoms with Crippen LogP contribution in [-0.4, -0.2) is 17.2 Å². The number of hydrogen-bond acceptors (Lipinski definition) is 3. The Hall–Kier alpha value is -2.36. The number of unbranched alkanes of at least 4 members (excludes halogenated alkanes) is 2. The summed E-state index contributed by atoms with van der Waals surface area (Å²) in [5.41, 5.74) is 2.67. The van der Waals surface area contributed by atoms with Crippen LogP contribution in [0.2, 0.25) is 0 Å². The number of hydrazone groups is 1. The number of phenolic OH excluding ortho intramolecular Hbond substituents is 1. The first-order valence-electron chi connectivity index (χ1n) is 6.76. The number of rotatable bonds is 5. The number of carbonyl (C=O) groups is 1. The Balaban J connectivity index is 2.14. The van der Waals surface area contributed by atoms with Crippen molar-refractivity contribution in [3.8, 4) is 5.75 Å². The van der Waals surface area contributed by atoms with Crippen molar-refractivity contribution in [3.63, 3.8) is 0 Å². The molecule has 0 aliphatic carbocycles. The van der Waals surface area contributed by atoms with E-state index in [-0.39, 0.29) is 11.3 Å². The van der Waals surface area contributed by atoms with Crippen molar-refractivity contribution in [3.05, 3.63) is 42.0 Å². The van der Waals surface area contributed by atoms with E-state index in [0.717, 1.165) is 24.6 Å². The highest BCUT2D eigenvalue weighted by molar-refractivity contribution is 6.03. The average Bonchev–Trinajstić information content (AvgIpc) is 2.47. The zero-order valence-electron chi connectivity index (χ0n) is 11.5. The normalized spacial score (nSPS) is 11.1. The average molecular weight is 270 g/mol. The van der Waals surface area contributed by atoms with Gasteiger partial charge in [0.15, 0.2) is 0 Å². The van der Waals surface area contributed by atoms with Crippen molar-refractivity contribution in [2.75, 3.05) is 0 Å². The molecule has 0 heterocycles. The van der Waals surface area contributed by atoms with E-state index in [9.17, 15) is 9.90 Å². The Bertz CT molecular complexity index is 635. The fraction of sp³-hybridized carbons (Fsp3) is 0.250. The van der Waals surface area contributed by atoms with Crippen LogP contribution >= 0.6 is 0 Å². The van der Waals surface area contributed by atoms with E-state index in [4.69, 9.17) is 0 Å². The number of fused-ring (bicyclic) bond motifs is 1. The van der Waals surface area contributed by atoms with Crippen LogP contribution in [0.1, 0.15) is 36.5 Å². The molecule has 2 aromatic rings. The van der Waals surface area contributed by atoms with Gasteiger partial charge in [-0.3, -0.25) is 4.79 Å². The summed E-state index contributed by atoms with van der Waals surface area (Å²) in [5, 5.41) is 15.6. The van der Waals surface area contributed by atoms with Crippen LogP contribution in [0.4, 0.5) is 0 Å². The van der Waals surface area contributed by atoms with Gasteiger partial charge in [0.2, 0.25) is 0 Å². The summed E-state index contributed by atoms with van der Waals surface area (Å²) in [6, 6.07) is 10.8. The molecule has 104 valence electrons. The fourth-order valence-electron chi connectivity index (χ4n) is 1.96. The highest BCUT2D eigenvalue weighted by atomic mass is 16.3. The largest absolute Gasteiger partial charge is 0.506 e. The lowest BCUT2D eigenvalue weighted by atomic mass is 10.1. The molecule has 20 heavy (non-hydrogen) atoms. The van der Waals surface area contributed by atoms with Gasteiger partial charge in [0.1, 0.15) is 5.75 Å². The van der Waals surface area contributed by atoms with Gasteiger partial charge >= 0.3 is 0 Å². The Kier molecular flexibility index (Phi) is 4.71. The molecule has 0 spiro atoms. The van der Waals surface area contributed by atoms with Crippen molar-refractivity contribution >= 4 is 22.9 Å². The van der Waals surface area contributed by atoms with Crippen LogP contribution < -0.4 is 5.43 Å². The number of carbonyl (C=O) groups excluding carboxylic acids is 1. The van der Waals surface area contributed by atoms with Gasteiger partial charge in [-0.1, -0.05) is 43.7 Å². The lowest BCUT2D eigenvalue weighted by Gasteiger charge is -2.06. The molecule has 2 rings (SSSR count). The van der Waals surface area contributed by atoms with Gasteiger partial charge in [-0.05, 0) is 24.3 Å². The highest BCUT2D eigenvalue weighted by Gasteiger charge is 2.12. The zero-order valence-corrected chi connectivity index (χ0v) is 11.5. The number of benzene rings is 2. The second-order valence-electron chi connectivity index (χ2n) is 4.58. The standard InChI is InChI=1S/C16H18N2O2/c1-2-3-6-11-17-18-16(20)14-10-9-12-7-4-5-8-13(12)15(14)19/h4-5,7-11,19H,2-3,6H2,1H3,(H,18,20). The van der Waals surface area contributed by atoms with E-state index in [1.807, 2.05) is 24.3 Å². The maximum Gasteiger partial charge on any atom is 0.275 e. The van der Waals surface area contributed by atoms with Crippen LogP contribution in [0.5, 0.6) is 5.75 Å². The van der Waals surface area contributed by atoms with Gasteiger partial charge in [-0.15, -0.1) is 0 Å². The molecule has 0 aromatic heterocycles. The molecule has 0 unspecified atom stereocenters. The molecule has 1 amide bonds. The minimum absolute atomic E-state index is 0.00985. The first-order valence-corrected chi connectivity index (χ1v) is 6.76. The monoisotopic (exact) mass is 270 g/mol. The molecule has 4 heteroatoms. The number of aromatic hydroxyl groups is 1. The van der Waals surface area contributed by atoms with Gasteiger partial charge in [-0.2, -0.15) is 5.10 Å². The molecule has 0 fully saturated rings. The van der Waals surface area contributed by atoms with E-state index in [1.165, 1.54) is 0 Å². The summed E-state index contributed by atoms with van der Waals surface area (Å²) >= 11 is 0. The Morgan fingerprint density at radius 3 is 2.90 bits per heavy atom. The molecule has 0 aliphatic heterocycles. The van der Waals surface area contributed by atoms with Crippen molar-refractivity contribution in [2.24, 2.45) is 5.10 Å². The summed E-state index contributed by atoms with van der Waals surface area (Å²) in [4.78, 5) is 12.0. The maximum atomic E-state index is 12.0.